The number of ketones is 1. The lowest BCUT2D eigenvalue weighted by molar-refractivity contribution is 0.102. The van der Waals surface area contributed by atoms with Gasteiger partial charge in [-0.15, -0.1) is 22.7 Å². The van der Waals surface area contributed by atoms with E-state index in [-0.39, 0.29) is 5.78 Å². The zero-order chi connectivity index (χ0) is 16.5. The maximum Gasteiger partial charge on any atom is 0.169 e. The molecule has 4 rings (SSSR count). The van der Waals surface area contributed by atoms with Gasteiger partial charge in [0.2, 0.25) is 0 Å². The van der Waals surface area contributed by atoms with Crippen LogP contribution in [0, 0.1) is 0 Å². The van der Waals surface area contributed by atoms with Crippen molar-refractivity contribution in [3.8, 4) is 10.7 Å². The summed E-state index contributed by atoms with van der Waals surface area (Å²) in [5, 5.41) is 2.05. The summed E-state index contributed by atoms with van der Waals surface area (Å²) < 4.78 is 0. The van der Waals surface area contributed by atoms with Crippen LogP contribution in [0.3, 0.4) is 0 Å². The Hall–Kier alpha value is -1.89. The molecule has 4 heterocycles. The Kier molecular flexibility index (Phi) is 4.26. The molecule has 0 unspecified atom stereocenters. The Labute approximate surface area is 148 Å². The minimum atomic E-state index is 0.143. The molecule has 1 aliphatic heterocycles. The quantitative estimate of drug-likeness (QED) is 0.663. The van der Waals surface area contributed by atoms with Crippen molar-refractivity contribution in [1.29, 1.82) is 0 Å². The number of hydrogen-bond donors (Lipinski definition) is 0. The molecule has 0 aromatic carbocycles. The lowest BCUT2D eigenvalue weighted by Crippen LogP contribution is -2.30. The maximum atomic E-state index is 11.4. The number of fused-ring (bicyclic) bond motifs is 1. The van der Waals surface area contributed by atoms with Crippen molar-refractivity contribution in [1.82, 2.24) is 14.9 Å². The number of aromatic nitrogens is 2. The van der Waals surface area contributed by atoms with Crippen LogP contribution in [0.4, 0.5) is 0 Å². The first-order chi connectivity index (χ1) is 11.7. The van der Waals surface area contributed by atoms with Gasteiger partial charge in [0.15, 0.2) is 11.6 Å². The molecule has 0 amide bonds. The molecular weight excluding hydrogens is 338 g/mol. The number of thiophene rings is 2. The molecule has 122 valence electrons. The van der Waals surface area contributed by atoms with E-state index in [1.54, 1.807) is 29.6 Å². The van der Waals surface area contributed by atoms with E-state index in [1.807, 2.05) is 18.3 Å². The molecule has 1 aliphatic rings. The molecule has 0 spiro atoms. The first kappa shape index (κ1) is 15.6. The van der Waals surface area contributed by atoms with Crippen LogP contribution in [0.2, 0.25) is 0 Å². The van der Waals surface area contributed by atoms with E-state index in [1.165, 1.54) is 16.1 Å². The van der Waals surface area contributed by atoms with Gasteiger partial charge < -0.3 is 0 Å². The largest absolute Gasteiger partial charge is 0.294 e. The predicted molar refractivity (Wildman–Crippen MR) is 97.5 cm³/mol. The predicted octanol–water partition coefficient (Wildman–Crippen LogP) is 4.03. The summed E-state index contributed by atoms with van der Waals surface area (Å²) in [4.78, 5) is 26.3. The highest BCUT2D eigenvalue weighted by Gasteiger charge is 2.19. The summed E-state index contributed by atoms with van der Waals surface area (Å²) in [6.45, 7) is 4.36. The summed E-state index contributed by atoms with van der Waals surface area (Å²) >= 11 is 3.27. The summed E-state index contributed by atoms with van der Waals surface area (Å²) in [6.07, 6.45) is 2.92. The lowest BCUT2D eigenvalue weighted by Gasteiger charge is -2.27. The number of rotatable bonds is 4. The normalized spacial score (nSPS) is 14.5. The van der Waals surface area contributed by atoms with Gasteiger partial charge in [-0.1, -0.05) is 6.07 Å². The van der Waals surface area contributed by atoms with Gasteiger partial charge in [-0.3, -0.25) is 9.69 Å². The van der Waals surface area contributed by atoms with Crippen LogP contribution < -0.4 is 0 Å². The molecule has 0 atom stereocenters. The van der Waals surface area contributed by atoms with E-state index in [2.05, 4.69) is 27.4 Å². The van der Waals surface area contributed by atoms with Crippen molar-refractivity contribution < 1.29 is 4.79 Å². The minimum Gasteiger partial charge on any atom is -0.294 e. The highest BCUT2D eigenvalue weighted by molar-refractivity contribution is 7.14. The Bertz CT molecular complexity index is 870. The molecule has 24 heavy (non-hydrogen) atoms. The van der Waals surface area contributed by atoms with E-state index in [0.29, 0.717) is 0 Å². The molecule has 3 aromatic rings. The van der Waals surface area contributed by atoms with Crippen LogP contribution in [-0.2, 0) is 19.5 Å². The molecule has 0 aliphatic carbocycles. The van der Waals surface area contributed by atoms with E-state index >= 15 is 0 Å². The van der Waals surface area contributed by atoms with Crippen LogP contribution in [0.5, 0.6) is 0 Å². The van der Waals surface area contributed by atoms with Crippen LogP contribution in [-0.4, -0.2) is 27.2 Å². The van der Waals surface area contributed by atoms with Gasteiger partial charge in [0, 0.05) is 42.7 Å². The third-order valence-corrected chi connectivity index (χ3v) is 6.18. The second-order valence-corrected chi connectivity index (χ2v) is 8.04. The molecule has 0 saturated carbocycles. The smallest absolute Gasteiger partial charge is 0.169 e. The Balaban J connectivity index is 1.48. The van der Waals surface area contributed by atoms with Gasteiger partial charge >= 0.3 is 0 Å². The van der Waals surface area contributed by atoms with Crippen molar-refractivity contribution in [2.75, 3.05) is 6.54 Å². The molecule has 4 nitrogen and oxygen atoms in total. The third kappa shape index (κ3) is 3.17. The average molecular weight is 355 g/mol. The number of nitrogens with zero attached hydrogens (tertiary/aromatic N) is 3. The van der Waals surface area contributed by atoms with E-state index in [4.69, 9.17) is 4.98 Å². The number of carbonyl (C=O) groups excluding carboxylic acids is 1. The van der Waals surface area contributed by atoms with E-state index in [9.17, 15) is 4.79 Å². The van der Waals surface area contributed by atoms with Crippen molar-refractivity contribution in [3.05, 3.63) is 56.9 Å². The zero-order valence-electron chi connectivity index (χ0n) is 13.4. The molecular formula is C18H17N3OS2. The van der Waals surface area contributed by atoms with Gasteiger partial charge in [-0.25, -0.2) is 9.97 Å². The molecule has 0 saturated heterocycles. The second-order valence-electron chi connectivity index (χ2n) is 5.93. The molecule has 0 radical (unpaired) electrons. The van der Waals surface area contributed by atoms with E-state index in [0.717, 1.165) is 41.6 Å². The van der Waals surface area contributed by atoms with Gasteiger partial charge in [0.25, 0.3) is 0 Å². The van der Waals surface area contributed by atoms with Crippen LogP contribution in [0.15, 0.2) is 35.8 Å². The molecule has 0 fully saturated rings. The van der Waals surface area contributed by atoms with Gasteiger partial charge in [0.05, 0.1) is 15.4 Å². The van der Waals surface area contributed by atoms with Crippen molar-refractivity contribution in [3.63, 3.8) is 0 Å². The highest BCUT2D eigenvalue weighted by Crippen LogP contribution is 2.26. The third-order valence-electron chi connectivity index (χ3n) is 4.14. The first-order valence-corrected chi connectivity index (χ1v) is 9.59. The Morgan fingerprint density at radius 1 is 1.33 bits per heavy atom. The summed E-state index contributed by atoms with van der Waals surface area (Å²) in [5.74, 6) is 0.978. The van der Waals surface area contributed by atoms with Crippen molar-refractivity contribution >= 4 is 28.5 Å². The molecule has 6 heteroatoms. The number of carbonyl (C=O) groups is 1. The fourth-order valence-electron chi connectivity index (χ4n) is 2.91. The van der Waals surface area contributed by atoms with Crippen molar-refractivity contribution in [2.45, 2.75) is 26.4 Å². The Morgan fingerprint density at radius 3 is 3.00 bits per heavy atom. The van der Waals surface area contributed by atoms with E-state index < -0.39 is 0 Å². The zero-order valence-corrected chi connectivity index (χ0v) is 15.0. The van der Waals surface area contributed by atoms with Crippen LogP contribution in [0.1, 0.15) is 32.7 Å². The van der Waals surface area contributed by atoms with Gasteiger partial charge in [-0.05, 0) is 30.5 Å². The van der Waals surface area contributed by atoms with Crippen LogP contribution in [0.25, 0.3) is 10.7 Å². The monoisotopic (exact) mass is 355 g/mol. The first-order valence-electron chi connectivity index (χ1n) is 7.90. The van der Waals surface area contributed by atoms with Gasteiger partial charge in [0.1, 0.15) is 0 Å². The molecule has 3 aromatic heterocycles. The molecule has 0 N–H and O–H groups in total. The maximum absolute atomic E-state index is 11.4. The SMILES string of the molecule is CC(=O)c1ccc(CN2CCc3nc(-c4cccs4)ncc3C2)s1. The topological polar surface area (TPSA) is 46.1 Å². The van der Waals surface area contributed by atoms with Crippen molar-refractivity contribution in [2.24, 2.45) is 0 Å². The standard InChI is InChI=1S/C18H17N3OS2/c1-12(22)16-5-4-14(24-16)11-21-7-6-15-13(10-21)9-19-18(20-15)17-3-2-8-23-17/h2-5,8-9H,6-7,10-11H2,1H3. The van der Waals surface area contributed by atoms with Gasteiger partial charge in [-0.2, -0.15) is 0 Å². The number of hydrogen-bond acceptors (Lipinski definition) is 6. The summed E-state index contributed by atoms with van der Waals surface area (Å²) in [5.41, 5.74) is 2.38. The Morgan fingerprint density at radius 2 is 2.25 bits per heavy atom. The number of Topliss-reactive ketones (excluding diaryl/α,β-unsaturated/α-hetero) is 1. The molecule has 0 bridgehead atoms. The average Bonchev–Trinajstić information content (AvgIpc) is 3.26. The summed E-state index contributed by atoms with van der Waals surface area (Å²) in [6, 6.07) is 8.08. The lowest BCUT2D eigenvalue weighted by atomic mass is 10.1. The minimum absolute atomic E-state index is 0.143. The fraction of sp³-hybridized carbons (Fsp3) is 0.278. The summed E-state index contributed by atoms with van der Waals surface area (Å²) in [7, 11) is 0. The van der Waals surface area contributed by atoms with Crippen LogP contribution >= 0.6 is 22.7 Å². The second kappa shape index (κ2) is 6.55. The fourth-order valence-corrected chi connectivity index (χ4v) is 4.52. The highest BCUT2D eigenvalue weighted by atomic mass is 32.1.